The van der Waals surface area contributed by atoms with Gasteiger partial charge in [0.15, 0.2) is 0 Å². The van der Waals surface area contributed by atoms with Gasteiger partial charge in [-0.1, -0.05) is 42.5 Å². The predicted octanol–water partition coefficient (Wildman–Crippen LogP) is 3.75. The Labute approximate surface area is 218 Å². The number of phosphoric acid groups is 1. The molecule has 0 radical (unpaired) electrons. The van der Waals surface area contributed by atoms with Crippen LogP contribution in [0.5, 0.6) is 5.75 Å². The van der Waals surface area contributed by atoms with E-state index in [1.54, 1.807) is 18.2 Å². The van der Waals surface area contributed by atoms with Crippen molar-refractivity contribution < 1.29 is 37.2 Å². The Morgan fingerprint density at radius 3 is 2.24 bits per heavy atom. The molecule has 0 fully saturated rings. The number of nitrogens with one attached hydrogen (secondary N) is 2. The summed E-state index contributed by atoms with van der Waals surface area (Å²) in [7, 11) is -4.72. The Bertz CT molecular complexity index is 1330. The number of phosphoric ester groups is 1. The number of rotatable bonds is 12. The molecule has 0 saturated carbocycles. The lowest BCUT2D eigenvalue weighted by Gasteiger charge is -2.19. The summed E-state index contributed by atoms with van der Waals surface area (Å²) in [6.45, 7) is 3.69. The summed E-state index contributed by atoms with van der Waals surface area (Å²) < 4.78 is 42.7. The van der Waals surface area contributed by atoms with E-state index in [2.05, 4.69) is 21.7 Å². The van der Waals surface area contributed by atoms with E-state index in [0.717, 1.165) is 0 Å². The van der Waals surface area contributed by atoms with Crippen LogP contribution in [-0.4, -0.2) is 27.6 Å². The van der Waals surface area contributed by atoms with Crippen molar-refractivity contribution in [2.75, 3.05) is 0 Å². The van der Waals surface area contributed by atoms with Crippen LogP contribution in [0.25, 0.3) is 0 Å². The number of carbonyl (C=O) groups is 2. The highest BCUT2D eigenvalue weighted by Gasteiger charge is 2.22. The summed E-state index contributed by atoms with van der Waals surface area (Å²) >= 11 is 0. The molecule has 2 amide bonds. The molecule has 11 heteroatoms. The number of amides is 2. The molecule has 200 valence electrons. The average Bonchev–Trinajstić information content (AvgIpc) is 2.85. The van der Waals surface area contributed by atoms with Crippen LogP contribution < -0.4 is 15.2 Å². The fourth-order valence-corrected chi connectivity index (χ4v) is 4.06. The second-order valence-corrected chi connectivity index (χ2v) is 9.65. The third kappa shape index (κ3) is 9.23. The second kappa shape index (κ2) is 13.1. The summed E-state index contributed by atoms with van der Waals surface area (Å²) in [5, 5.41) is 5.43. The van der Waals surface area contributed by atoms with Crippen molar-refractivity contribution in [3.05, 3.63) is 113 Å². The fourth-order valence-electron chi connectivity index (χ4n) is 3.66. The highest BCUT2D eigenvalue weighted by molar-refractivity contribution is 7.46. The molecule has 8 nitrogen and oxygen atoms in total. The van der Waals surface area contributed by atoms with Gasteiger partial charge in [-0.25, -0.2) is 13.3 Å². The molecule has 0 bridgehead atoms. The highest BCUT2D eigenvalue weighted by atomic mass is 31.2. The normalized spacial score (nSPS) is 11.9. The van der Waals surface area contributed by atoms with Crippen molar-refractivity contribution >= 4 is 19.6 Å². The predicted molar refractivity (Wildman–Crippen MR) is 137 cm³/mol. The molecule has 3 aromatic carbocycles. The van der Waals surface area contributed by atoms with E-state index in [0.29, 0.717) is 28.7 Å². The molecule has 0 heterocycles. The van der Waals surface area contributed by atoms with Crippen molar-refractivity contribution in [2.24, 2.45) is 0 Å². The zero-order valence-corrected chi connectivity index (χ0v) is 21.2. The van der Waals surface area contributed by atoms with Crippen LogP contribution in [0.3, 0.4) is 0 Å². The Morgan fingerprint density at radius 1 is 0.974 bits per heavy atom. The molecule has 0 aliphatic rings. The fraction of sp³-hybridized carbons (Fsp3) is 0.185. The van der Waals surface area contributed by atoms with Crippen LogP contribution in [0, 0.1) is 11.6 Å². The summed E-state index contributed by atoms with van der Waals surface area (Å²) in [4.78, 5) is 43.7. The Morgan fingerprint density at radius 2 is 1.61 bits per heavy atom. The van der Waals surface area contributed by atoms with E-state index < -0.39 is 31.5 Å². The number of hydrogen-bond donors (Lipinski definition) is 4. The van der Waals surface area contributed by atoms with Gasteiger partial charge >= 0.3 is 7.82 Å². The first kappa shape index (κ1) is 28.7. The number of benzene rings is 3. The minimum atomic E-state index is -4.72. The quantitative estimate of drug-likeness (QED) is 0.203. The summed E-state index contributed by atoms with van der Waals surface area (Å²) in [6, 6.07) is 14.6. The lowest BCUT2D eigenvalue weighted by atomic mass is 10.0. The molecule has 38 heavy (non-hydrogen) atoms. The third-order valence-electron chi connectivity index (χ3n) is 5.46. The van der Waals surface area contributed by atoms with E-state index in [-0.39, 0.29) is 31.0 Å². The van der Waals surface area contributed by atoms with Gasteiger partial charge in [-0.05, 0) is 59.0 Å². The smallest absolute Gasteiger partial charge is 0.404 e. The van der Waals surface area contributed by atoms with Gasteiger partial charge in [0.2, 0.25) is 11.8 Å². The lowest BCUT2D eigenvalue weighted by molar-refractivity contribution is -0.128. The maximum atomic E-state index is 13.9. The van der Waals surface area contributed by atoms with Crippen LogP contribution in [0.1, 0.15) is 22.3 Å². The molecule has 3 aromatic rings. The van der Waals surface area contributed by atoms with Gasteiger partial charge in [0.05, 0.1) is 6.42 Å². The SMILES string of the molecule is C=CCc1cc(CNC(=O)[C@H](Cc2ccc(OP(=O)(O)O)cc2)NC(=O)Cc2ccc(F)cc2)ccc1F. The van der Waals surface area contributed by atoms with Crippen molar-refractivity contribution in [3.63, 3.8) is 0 Å². The standard InChI is InChI=1S/C27H27F2N2O6P/c1-2-3-21-14-20(8-13-24(21)29)17-30-27(33)25(31-26(32)16-19-4-9-22(28)10-5-19)15-18-6-11-23(12-7-18)37-38(34,35)36/h2,4-14,25H,1,3,15-17H2,(H,30,33)(H,31,32)(H2,34,35,36)/t25-/m0/s1. The second-order valence-electron chi connectivity index (χ2n) is 8.49. The molecule has 0 spiro atoms. The Balaban J connectivity index is 1.73. The molecular weight excluding hydrogens is 517 g/mol. The van der Waals surface area contributed by atoms with Crippen LogP contribution in [-0.2, 0) is 40.0 Å². The average molecular weight is 544 g/mol. The molecular formula is C27H27F2N2O6P. The maximum Gasteiger partial charge on any atom is 0.524 e. The molecule has 0 unspecified atom stereocenters. The lowest BCUT2D eigenvalue weighted by Crippen LogP contribution is -2.48. The van der Waals surface area contributed by atoms with E-state index in [9.17, 15) is 22.9 Å². The minimum Gasteiger partial charge on any atom is -0.404 e. The molecule has 0 aliphatic heterocycles. The molecule has 0 saturated heterocycles. The number of halogens is 2. The summed E-state index contributed by atoms with van der Waals surface area (Å²) in [5.41, 5.74) is 2.24. The first-order valence-electron chi connectivity index (χ1n) is 11.6. The van der Waals surface area contributed by atoms with Gasteiger partial charge in [-0.2, -0.15) is 0 Å². The third-order valence-corrected chi connectivity index (χ3v) is 5.91. The number of allylic oxidation sites excluding steroid dienone is 1. The maximum absolute atomic E-state index is 13.9. The van der Waals surface area contributed by atoms with Crippen LogP contribution >= 0.6 is 7.82 Å². The van der Waals surface area contributed by atoms with Gasteiger partial charge in [0.25, 0.3) is 0 Å². The minimum absolute atomic E-state index is 0.0579. The summed E-state index contributed by atoms with van der Waals surface area (Å²) in [5.74, 6) is -1.84. The van der Waals surface area contributed by atoms with Gasteiger partial charge < -0.3 is 15.2 Å². The van der Waals surface area contributed by atoms with Gasteiger partial charge in [-0.15, -0.1) is 6.58 Å². The highest BCUT2D eigenvalue weighted by Crippen LogP contribution is 2.37. The molecule has 1 atom stereocenters. The van der Waals surface area contributed by atoms with Crippen molar-refractivity contribution in [3.8, 4) is 5.75 Å². The summed E-state index contributed by atoms with van der Waals surface area (Å²) in [6.07, 6.45) is 1.88. The first-order chi connectivity index (χ1) is 18.0. The zero-order chi connectivity index (χ0) is 27.7. The van der Waals surface area contributed by atoms with Gasteiger partial charge in [0, 0.05) is 13.0 Å². The molecule has 4 N–H and O–H groups in total. The van der Waals surface area contributed by atoms with E-state index in [4.69, 9.17) is 9.79 Å². The Kier molecular flexibility index (Phi) is 9.90. The topological polar surface area (TPSA) is 125 Å². The molecule has 3 rings (SSSR count). The van der Waals surface area contributed by atoms with Gasteiger partial charge in [-0.3, -0.25) is 19.4 Å². The number of hydrogen-bond acceptors (Lipinski definition) is 4. The van der Waals surface area contributed by atoms with Crippen molar-refractivity contribution in [2.45, 2.75) is 31.8 Å². The van der Waals surface area contributed by atoms with Gasteiger partial charge in [0.1, 0.15) is 23.4 Å². The van der Waals surface area contributed by atoms with Crippen molar-refractivity contribution in [1.82, 2.24) is 10.6 Å². The number of carbonyl (C=O) groups excluding carboxylic acids is 2. The van der Waals surface area contributed by atoms with E-state index in [1.807, 2.05) is 0 Å². The van der Waals surface area contributed by atoms with Crippen LogP contribution in [0.2, 0.25) is 0 Å². The largest absolute Gasteiger partial charge is 0.524 e. The molecule has 0 aromatic heterocycles. The van der Waals surface area contributed by atoms with E-state index >= 15 is 0 Å². The Hall–Kier alpha value is -3.85. The van der Waals surface area contributed by atoms with E-state index in [1.165, 1.54) is 54.6 Å². The monoisotopic (exact) mass is 544 g/mol. The zero-order valence-electron chi connectivity index (χ0n) is 20.3. The van der Waals surface area contributed by atoms with Crippen LogP contribution in [0.15, 0.2) is 79.4 Å². The van der Waals surface area contributed by atoms with Crippen molar-refractivity contribution in [1.29, 1.82) is 0 Å². The first-order valence-corrected chi connectivity index (χ1v) is 13.1. The molecule has 0 aliphatic carbocycles. The van der Waals surface area contributed by atoms with Crippen LogP contribution in [0.4, 0.5) is 8.78 Å².